The van der Waals surface area contributed by atoms with E-state index in [0.717, 1.165) is 4.31 Å². The van der Waals surface area contributed by atoms with Crippen molar-refractivity contribution in [1.82, 2.24) is 13.9 Å². The lowest BCUT2D eigenvalue weighted by molar-refractivity contribution is -0.137. The van der Waals surface area contributed by atoms with Crippen molar-refractivity contribution >= 4 is 16.0 Å². The van der Waals surface area contributed by atoms with Gasteiger partial charge in [-0.3, -0.25) is 4.79 Å². The summed E-state index contributed by atoms with van der Waals surface area (Å²) in [5.74, 6) is -1.19. The number of aromatic nitrogens is 2. The smallest absolute Gasteiger partial charge is 0.318 e. The molecule has 0 radical (unpaired) electrons. The van der Waals surface area contributed by atoms with Crippen molar-refractivity contribution in [2.75, 3.05) is 13.1 Å². The van der Waals surface area contributed by atoms with E-state index < -0.39 is 22.5 Å². The number of hydrogen-bond donors (Lipinski definition) is 1. The number of sulfonamides is 1. The Kier molecular flexibility index (Phi) is 4.24. The van der Waals surface area contributed by atoms with Gasteiger partial charge in [-0.15, -0.1) is 0 Å². The Bertz CT molecular complexity index is 494. The monoisotopic (exact) mass is 261 g/mol. The van der Waals surface area contributed by atoms with Crippen LogP contribution in [0.1, 0.15) is 13.8 Å². The SMILES string of the molecule is CCN(CC(=O)O)S(=O)(=O)c1cn(CC)cn1. The van der Waals surface area contributed by atoms with E-state index in [-0.39, 0.29) is 11.6 Å². The molecule has 1 aromatic rings. The van der Waals surface area contributed by atoms with E-state index in [9.17, 15) is 13.2 Å². The first-order valence-electron chi connectivity index (χ1n) is 5.15. The molecule has 0 fully saturated rings. The van der Waals surface area contributed by atoms with Crippen LogP contribution in [0.2, 0.25) is 0 Å². The second-order valence-electron chi connectivity index (χ2n) is 3.37. The minimum atomic E-state index is -3.81. The zero-order valence-electron chi connectivity index (χ0n) is 9.70. The van der Waals surface area contributed by atoms with Crippen LogP contribution in [-0.4, -0.2) is 46.4 Å². The van der Waals surface area contributed by atoms with E-state index in [2.05, 4.69) is 4.98 Å². The Labute approximate surface area is 99.7 Å². The van der Waals surface area contributed by atoms with E-state index in [1.54, 1.807) is 11.5 Å². The number of carboxylic acid groups (broad SMARTS) is 1. The van der Waals surface area contributed by atoms with E-state index in [0.29, 0.717) is 6.54 Å². The third kappa shape index (κ3) is 3.04. The zero-order valence-corrected chi connectivity index (χ0v) is 10.5. The fraction of sp³-hybridized carbons (Fsp3) is 0.556. The highest BCUT2D eigenvalue weighted by molar-refractivity contribution is 7.89. The van der Waals surface area contributed by atoms with Crippen LogP contribution in [0, 0.1) is 0 Å². The topological polar surface area (TPSA) is 92.5 Å². The average Bonchev–Trinajstić information content (AvgIpc) is 2.74. The molecule has 1 heterocycles. The first kappa shape index (κ1) is 13.7. The fourth-order valence-corrected chi connectivity index (χ4v) is 2.63. The molecule has 0 aliphatic heterocycles. The molecule has 0 unspecified atom stereocenters. The Morgan fingerprint density at radius 2 is 2.18 bits per heavy atom. The number of aliphatic carboxylic acids is 1. The Hall–Kier alpha value is -1.41. The van der Waals surface area contributed by atoms with Crippen LogP contribution in [0.4, 0.5) is 0 Å². The van der Waals surface area contributed by atoms with E-state index in [4.69, 9.17) is 5.11 Å². The maximum Gasteiger partial charge on any atom is 0.318 e. The van der Waals surface area contributed by atoms with Gasteiger partial charge in [-0.05, 0) is 6.92 Å². The van der Waals surface area contributed by atoms with Crippen LogP contribution in [0.5, 0.6) is 0 Å². The van der Waals surface area contributed by atoms with Crippen LogP contribution < -0.4 is 0 Å². The van der Waals surface area contributed by atoms with Crippen molar-refractivity contribution in [3.8, 4) is 0 Å². The van der Waals surface area contributed by atoms with Gasteiger partial charge in [-0.2, -0.15) is 4.31 Å². The standard InChI is InChI=1S/C9H15N3O4S/c1-3-11-5-8(10-7-11)17(15,16)12(4-2)6-9(13)14/h5,7H,3-4,6H2,1-2H3,(H,13,14). The molecule has 0 aromatic carbocycles. The highest BCUT2D eigenvalue weighted by Crippen LogP contribution is 2.12. The van der Waals surface area contributed by atoms with Gasteiger partial charge in [0.25, 0.3) is 10.0 Å². The molecule has 0 aliphatic rings. The number of likely N-dealkylation sites (N-methyl/N-ethyl adjacent to an activating group) is 1. The summed E-state index contributed by atoms with van der Waals surface area (Å²) < 4.78 is 26.5. The van der Waals surface area contributed by atoms with Gasteiger partial charge >= 0.3 is 5.97 Å². The summed E-state index contributed by atoms with van der Waals surface area (Å²) in [5.41, 5.74) is 0. The minimum Gasteiger partial charge on any atom is -0.480 e. The summed E-state index contributed by atoms with van der Waals surface area (Å²) in [7, 11) is -3.81. The van der Waals surface area contributed by atoms with Crippen molar-refractivity contribution < 1.29 is 18.3 Å². The summed E-state index contributed by atoms with van der Waals surface area (Å²) >= 11 is 0. The first-order valence-corrected chi connectivity index (χ1v) is 6.59. The van der Waals surface area contributed by atoms with Crippen LogP contribution in [-0.2, 0) is 21.4 Å². The Morgan fingerprint density at radius 3 is 2.59 bits per heavy atom. The van der Waals surface area contributed by atoms with Crippen LogP contribution in [0.15, 0.2) is 17.6 Å². The minimum absolute atomic E-state index is 0.0909. The van der Waals surface area contributed by atoms with Crippen LogP contribution in [0.25, 0.3) is 0 Å². The molecule has 1 rings (SSSR count). The fourth-order valence-electron chi connectivity index (χ4n) is 1.30. The first-order chi connectivity index (χ1) is 7.91. The number of aryl methyl sites for hydroxylation is 1. The molecule has 0 amide bonds. The second-order valence-corrected chi connectivity index (χ2v) is 5.25. The average molecular weight is 261 g/mol. The summed E-state index contributed by atoms with van der Waals surface area (Å²) in [6.07, 6.45) is 2.79. The molecule has 0 spiro atoms. The zero-order chi connectivity index (χ0) is 13.1. The largest absolute Gasteiger partial charge is 0.480 e. The number of nitrogens with zero attached hydrogens (tertiary/aromatic N) is 3. The summed E-state index contributed by atoms with van der Waals surface area (Å²) in [6.45, 7) is 3.57. The van der Waals surface area contributed by atoms with Crippen molar-refractivity contribution in [2.24, 2.45) is 0 Å². The Morgan fingerprint density at radius 1 is 1.53 bits per heavy atom. The Balaban J connectivity index is 3.03. The van der Waals surface area contributed by atoms with Gasteiger partial charge in [-0.25, -0.2) is 13.4 Å². The molecule has 0 saturated carbocycles. The maximum atomic E-state index is 12.0. The highest BCUT2D eigenvalue weighted by Gasteiger charge is 2.27. The van der Waals surface area contributed by atoms with Gasteiger partial charge in [0.1, 0.15) is 6.54 Å². The quantitative estimate of drug-likeness (QED) is 0.778. The van der Waals surface area contributed by atoms with Crippen molar-refractivity contribution in [1.29, 1.82) is 0 Å². The van der Waals surface area contributed by atoms with Crippen LogP contribution in [0.3, 0.4) is 0 Å². The lowest BCUT2D eigenvalue weighted by atomic mass is 10.6. The summed E-state index contributed by atoms with van der Waals surface area (Å²) in [5, 5.41) is 8.52. The normalized spacial score (nSPS) is 11.9. The molecule has 17 heavy (non-hydrogen) atoms. The molecule has 0 atom stereocenters. The number of hydrogen-bond acceptors (Lipinski definition) is 4. The predicted molar refractivity (Wildman–Crippen MR) is 60.0 cm³/mol. The van der Waals surface area contributed by atoms with Gasteiger partial charge in [0, 0.05) is 19.3 Å². The molecule has 8 heteroatoms. The van der Waals surface area contributed by atoms with Crippen LogP contribution >= 0.6 is 0 Å². The van der Waals surface area contributed by atoms with E-state index in [1.165, 1.54) is 12.5 Å². The van der Waals surface area contributed by atoms with Gasteiger partial charge in [0.05, 0.1) is 6.33 Å². The highest BCUT2D eigenvalue weighted by atomic mass is 32.2. The molecule has 0 aliphatic carbocycles. The molecule has 0 bridgehead atoms. The third-order valence-corrected chi connectivity index (χ3v) is 4.05. The van der Waals surface area contributed by atoms with Gasteiger partial charge in [-0.1, -0.05) is 6.92 Å². The molecule has 7 nitrogen and oxygen atoms in total. The lowest BCUT2D eigenvalue weighted by Gasteiger charge is -2.16. The summed E-state index contributed by atoms with van der Waals surface area (Å²) in [4.78, 5) is 14.4. The number of carboxylic acids is 1. The molecular formula is C9H15N3O4S. The molecule has 0 saturated heterocycles. The summed E-state index contributed by atoms with van der Waals surface area (Å²) in [6, 6.07) is 0. The van der Waals surface area contributed by atoms with E-state index >= 15 is 0 Å². The number of carbonyl (C=O) groups is 1. The molecule has 1 aromatic heterocycles. The molecule has 1 N–H and O–H groups in total. The molecular weight excluding hydrogens is 246 g/mol. The maximum absolute atomic E-state index is 12.0. The van der Waals surface area contributed by atoms with Crippen molar-refractivity contribution in [2.45, 2.75) is 25.4 Å². The van der Waals surface area contributed by atoms with Crippen molar-refractivity contribution in [3.63, 3.8) is 0 Å². The van der Waals surface area contributed by atoms with Gasteiger partial charge < -0.3 is 9.67 Å². The second kappa shape index (κ2) is 5.28. The number of rotatable bonds is 6. The predicted octanol–water partition coefficient (Wildman–Crippen LogP) is -0.00180. The van der Waals surface area contributed by atoms with E-state index in [1.807, 2.05) is 6.92 Å². The third-order valence-electron chi connectivity index (χ3n) is 2.24. The number of imidazole rings is 1. The van der Waals surface area contributed by atoms with Gasteiger partial charge in [0.2, 0.25) is 0 Å². The van der Waals surface area contributed by atoms with Crippen molar-refractivity contribution in [3.05, 3.63) is 12.5 Å². The lowest BCUT2D eigenvalue weighted by Crippen LogP contribution is -2.35. The molecule has 96 valence electrons. The van der Waals surface area contributed by atoms with Gasteiger partial charge in [0.15, 0.2) is 5.03 Å².